The minimum absolute atomic E-state index is 0.0271. The van der Waals surface area contributed by atoms with E-state index in [0.29, 0.717) is 10.9 Å². The normalized spacial score (nSPS) is 16.3. The molecule has 1 heterocycles. The first-order valence-electron chi connectivity index (χ1n) is 7.33. The summed E-state index contributed by atoms with van der Waals surface area (Å²) < 4.78 is 0. The number of thioether (sulfide) groups is 1. The van der Waals surface area contributed by atoms with Crippen LogP contribution in [0.25, 0.3) is 11.1 Å². The first kappa shape index (κ1) is 15.5. The molecule has 2 aromatic rings. The maximum atomic E-state index is 11.1. The van der Waals surface area contributed by atoms with E-state index >= 15 is 0 Å². The molecular formula is C18H17N3OS. The van der Waals surface area contributed by atoms with Gasteiger partial charge >= 0.3 is 0 Å². The molecule has 0 saturated carbocycles. The van der Waals surface area contributed by atoms with Crippen molar-refractivity contribution in [3.8, 4) is 11.1 Å². The van der Waals surface area contributed by atoms with Crippen molar-refractivity contribution in [3.63, 3.8) is 0 Å². The number of hydrogen-bond acceptors (Lipinski definition) is 4. The Kier molecular flexibility index (Phi) is 4.57. The lowest BCUT2D eigenvalue weighted by molar-refractivity contribution is -0.116. The predicted octanol–water partition coefficient (Wildman–Crippen LogP) is 3.52. The monoisotopic (exact) mass is 323 g/mol. The van der Waals surface area contributed by atoms with E-state index < -0.39 is 0 Å². The second-order valence-electron chi connectivity index (χ2n) is 5.41. The zero-order chi connectivity index (χ0) is 16.2. The molecular weight excluding hydrogens is 306 g/mol. The first-order chi connectivity index (χ1) is 11.1. The summed E-state index contributed by atoms with van der Waals surface area (Å²) >= 11 is 1.36. The third-order valence-corrected chi connectivity index (χ3v) is 4.53. The molecule has 23 heavy (non-hydrogen) atoms. The fraction of sp³-hybridized carbons (Fsp3) is 0.167. The van der Waals surface area contributed by atoms with Crippen LogP contribution in [0, 0.1) is 13.8 Å². The second-order valence-corrected chi connectivity index (χ2v) is 6.38. The van der Waals surface area contributed by atoms with Crippen LogP contribution in [0.1, 0.15) is 16.7 Å². The van der Waals surface area contributed by atoms with Gasteiger partial charge in [-0.2, -0.15) is 5.10 Å². The van der Waals surface area contributed by atoms with Crippen molar-refractivity contribution in [2.45, 2.75) is 13.8 Å². The van der Waals surface area contributed by atoms with Crippen molar-refractivity contribution < 1.29 is 4.79 Å². The predicted molar refractivity (Wildman–Crippen MR) is 97.0 cm³/mol. The summed E-state index contributed by atoms with van der Waals surface area (Å²) in [6.45, 7) is 4.23. The van der Waals surface area contributed by atoms with E-state index in [4.69, 9.17) is 0 Å². The highest BCUT2D eigenvalue weighted by Gasteiger charge is 2.15. The number of nitrogens with one attached hydrogen (secondary N) is 1. The molecule has 1 aliphatic heterocycles. The van der Waals surface area contributed by atoms with Gasteiger partial charge in [-0.1, -0.05) is 48.2 Å². The van der Waals surface area contributed by atoms with Gasteiger partial charge in [0.1, 0.15) is 0 Å². The van der Waals surface area contributed by atoms with E-state index in [0.717, 1.165) is 11.1 Å². The molecule has 1 fully saturated rings. The van der Waals surface area contributed by atoms with Crippen molar-refractivity contribution in [1.82, 2.24) is 5.32 Å². The second kappa shape index (κ2) is 6.79. The topological polar surface area (TPSA) is 53.8 Å². The summed E-state index contributed by atoms with van der Waals surface area (Å²) in [4.78, 5) is 11.1. The molecule has 0 radical (unpaired) electrons. The van der Waals surface area contributed by atoms with Crippen molar-refractivity contribution in [2.24, 2.45) is 10.2 Å². The van der Waals surface area contributed by atoms with Gasteiger partial charge in [-0.25, -0.2) is 0 Å². The van der Waals surface area contributed by atoms with Gasteiger partial charge in [-0.15, -0.1) is 5.10 Å². The Balaban J connectivity index is 1.79. The molecule has 1 amide bonds. The van der Waals surface area contributed by atoms with Crippen LogP contribution < -0.4 is 5.32 Å². The molecule has 0 atom stereocenters. The summed E-state index contributed by atoms with van der Waals surface area (Å²) in [5, 5.41) is 11.3. The molecule has 1 aliphatic rings. The molecule has 0 aliphatic carbocycles. The number of carbonyl (C=O) groups excluding carboxylic acids is 1. The van der Waals surface area contributed by atoms with Crippen LogP contribution in [0.5, 0.6) is 0 Å². The molecule has 3 rings (SSSR count). The van der Waals surface area contributed by atoms with Crippen molar-refractivity contribution in [3.05, 3.63) is 59.2 Å². The van der Waals surface area contributed by atoms with Crippen LogP contribution in [0.3, 0.4) is 0 Å². The number of nitrogens with zero attached hydrogens (tertiary/aromatic N) is 2. The van der Waals surface area contributed by atoms with Crippen LogP contribution in [-0.2, 0) is 4.79 Å². The lowest BCUT2D eigenvalue weighted by atomic mass is 9.99. The Morgan fingerprint density at radius 3 is 2.65 bits per heavy atom. The summed E-state index contributed by atoms with van der Waals surface area (Å²) in [6, 6.07) is 14.6. The number of amidine groups is 1. The molecule has 0 bridgehead atoms. The van der Waals surface area contributed by atoms with Gasteiger partial charge in [0.05, 0.1) is 12.0 Å². The summed E-state index contributed by atoms with van der Waals surface area (Å²) in [7, 11) is 0. The first-order valence-corrected chi connectivity index (χ1v) is 8.32. The molecule has 4 nitrogen and oxygen atoms in total. The maximum Gasteiger partial charge on any atom is 0.236 e. The summed E-state index contributed by atoms with van der Waals surface area (Å²) in [5.74, 6) is 0.386. The molecule has 116 valence electrons. The standard InChI is InChI=1S/C18H17N3OS/c1-12-6-7-16(8-13(12)2)15-5-3-4-14(9-15)10-19-21-18-20-17(22)11-23-18/h3-10H,11H2,1-2H3,(H,20,21,22). The van der Waals surface area contributed by atoms with E-state index in [2.05, 4.69) is 59.7 Å². The molecule has 0 aromatic heterocycles. The smallest absolute Gasteiger partial charge is 0.236 e. The number of aryl methyl sites for hydroxylation is 2. The van der Waals surface area contributed by atoms with Crippen LogP contribution in [-0.4, -0.2) is 23.0 Å². The highest BCUT2D eigenvalue weighted by atomic mass is 32.2. The van der Waals surface area contributed by atoms with E-state index in [1.807, 2.05) is 12.1 Å². The zero-order valence-corrected chi connectivity index (χ0v) is 13.9. The zero-order valence-electron chi connectivity index (χ0n) is 13.0. The van der Waals surface area contributed by atoms with E-state index in [9.17, 15) is 4.79 Å². The highest BCUT2D eigenvalue weighted by molar-refractivity contribution is 8.15. The SMILES string of the molecule is Cc1ccc(-c2cccc(C=NN=C3NC(=O)CS3)c2)cc1C. The Morgan fingerprint density at radius 1 is 1.09 bits per heavy atom. The van der Waals surface area contributed by atoms with Crippen LogP contribution in [0.15, 0.2) is 52.7 Å². The minimum Gasteiger partial charge on any atom is -0.303 e. The third kappa shape index (κ3) is 3.87. The number of carbonyl (C=O) groups is 1. The van der Waals surface area contributed by atoms with Gasteiger partial charge in [0, 0.05) is 0 Å². The highest BCUT2D eigenvalue weighted by Crippen LogP contribution is 2.22. The largest absolute Gasteiger partial charge is 0.303 e. The van der Waals surface area contributed by atoms with Crippen LogP contribution in [0.4, 0.5) is 0 Å². The molecule has 0 spiro atoms. The number of amides is 1. The Labute approximate surface area is 139 Å². The van der Waals surface area contributed by atoms with Gasteiger partial charge in [0.25, 0.3) is 0 Å². The van der Waals surface area contributed by atoms with Crippen molar-refractivity contribution >= 4 is 29.1 Å². The van der Waals surface area contributed by atoms with Crippen molar-refractivity contribution in [1.29, 1.82) is 0 Å². The fourth-order valence-electron chi connectivity index (χ4n) is 2.25. The van der Waals surface area contributed by atoms with Crippen LogP contribution >= 0.6 is 11.8 Å². The van der Waals surface area contributed by atoms with Gasteiger partial charge in [0.2, 0.25) is 5.91 Å². The minimum atomic E-state index is -0.0271. The quantitative estimate of drug-likeness (QED) is 0.694. The molecule has 5 heteroatoms. The Hall–Kier alpha value is -2.40. The molecule has 2 aromatic carbocycles. The van der Waals surface area contributed by atoms with Gasteiger partial charge in [0.15, 0.2) is 5.17 Å². The van der Waals surface area contributed by atoms with Crippen molar-refractivity contribution in [2.75, 3.05) is 5.75 Å². The van der Waals surface area contributed by atoms with Gasteiger partial charge < -0.3 is 5.32 Å². The molecule has 1 N–H and O–H groups in total. The number of benzene rings is 2. The van der Waals surface area contributed by atoms with Gasteiger partial charge in [-0.05, 0) is 47.7 Å². The third-order valence-electron chi connectivity index (χ3n) is 3.67. The Bertz CT molecular complexity index is 812. The van der Waals surface area contributed by atoms with E-state index in [1.165, 1.54) is 28.5 Å². The molecule has 1 saturated heterocycles. The summed E-state index contributed by atoms with van der Waals surface area (Å²) in [6.07, 6.45) is 1.70. The Morgan fingerprint density at radius 2 is 1.91 bits per heavy atom. The van der Waals surface area contributed by atoms with E-state index in [1.54, 1.807) is 6.21 Å². The number of hydrogen-bond donors (Lipinski definition) is 1. The fourth-order valence-corrected chi connectivity index (χ4v) is 2.88. The maximum absolute atomic E-state index is 11.1. The average Bonchev–Trinajstić information content (AvgIpc) is 2.96. The lowest BCUT2D eigenvalue weighted by Crippen LogP contribution is -2.19. The van der Waals surface area contributed by atoms with Gasteiger partial charge in [-0.3, -0.25) is 4.79 Å². The lowest BCUT2D eigenvalue weighted by Gasteiger charge is -2.06. The van der Waals surface area contributed by atoms with Crippen LogP contribution in [0.2, 0.25) is 0 Å². The van der Waals surface area contributed by atoms with E-state index in [-0.39, 0.29) is 5.91 Å². The average molecular weight is 323 g/mol. The molecule has 0 unspecified atom stereocenters. The number of rotatable bonds is 3. The summed E-state index contributed by atoms with van der Waals surface area (Å²) in [5.41, 5.74) is 5.88.